The third-order valence-electron chi connectivity index (χ3n) is 5.55. The molecule has 0 atom stereocenters. The number of aromatic hydroxyl groups is 2. The molecule has 0 radical (unpaired) electrons. The van der Waals surface area contributed by atoms with Crippen molar-refractivity contribution in [3.8, 4) is 11.5 Å². The lowest BCUT2D eigenvalue weighted by Crippen LogP contribution is -2.27. The summed E-state index contributed by atoms with van der Waals surface area (Å²) in [6, 6.07) is 22.3. The van der Waals surface area contributed by atoms with E-state index in [4.69, 9.17) is 4.74 Å². The maximum absolute atomic E-state index is 12.1. The Balaban J connectivity index is 1.70. The van der Waals surface area contributed by atoms with Gasteiger partial charge in [0.15, 0.2) is 5.60 Å². The van der Waals surface area contributed by atoms with Gasteiger partial charge >= 0.3 is 5.97 Å². The summed E-state index contributed by atoms with van der Waals surface area (Å²) in [5.41, 5.74) is 0.985. The van der Waals surface area contributed by atoms with Gasteiger partial charge in [0.05, 0.1) is 6.42 Å². The Kier molecular flexibility index (Phi) is 3.56. The molecule has 0 saturated carbocycles. The van der Waals surface area contributed by atoms with E-state index in [0.29, 0.717) is 12.8 Å². The first-order valence-electron chi connectivity index (χ1n) is 9.22. The summed E-state index contributed by atoms with van der Waals surface area (Å²) in [4.78, 5) is 12.1. The van der Waals surface area contributed by atoms with E-state index in [9.17, 15) is 15.0 Å². The topological polar surface area (TPSA) is 66.8 Å². The Morgan fingerprint density at radius 3 is 1.61 bits per heavy atom. The minimum atomic E-state index is -0.838. The van der Waals surface area contributed by atoms with Gasteiger partial charge in [-0.1, -0.05) is 36.4 Å². The molecular formula is C24H18O4. The number of hydrogen-bond acceptors (Lipinski definition) is 4. The summed E-state index contributed by atoms with van der Waals surface area (Å²) in [6.07, 6.45) is 0.931. The highest BCUT2D eigenvalue weighted by atomic mass is 16.6. The molecule has 0 amide bonds. The van der Waals surface area contributed by atoms with Gasteiger partial charge in [-0.2, -0.15) is 0 Å². The van der Waals surface area contributed by atoms with Crippen molar-refractivity contribution in [2.45, 2.75) is 18.4 Å². The van der Waals surface area contributed by atoms with Crippen molar-refractivity contribution < 1.29 is 19.7 Å². The molecule has 0 aromatic heterocycles. The lowest BCUT2D eigenvalue weighted by molar-refractivity contribution is -0.146. The van der Waals surface area contributed by atoms with E-state index in [2.05, 4.69) is 0 Å². The van der Waals surface area contributed by atoms with Gasteiger partial charge in [0.2, 0.25) is 0 Å². The molecule has 0 spiro atoms. The Morgan fingerprint density at radius 1 is 0.679 bits per heavy atom. The van der Waals surface area contributed by atoms with Crippen LogP contribution in [0.1, 0.15) is 24.0 Å². The molecule has 28 heavy (non-hydrogen) atoms. The molecule has 1 heterocycles. The highest BCUT2D eigenvalue weighted by Crippen LogP contribution is 2.44. The molecule has 1 fully saturated rings. The Labute approximate surface area is 161 Å². The van der Waals surface area contributed by atoms with Gasteiger partial charge in [0.25, 0.3) is 0 Å². The van der Waals surface area contributed by atoms with Gasteiger partial charge < -0.3 is 14.9 Å². The number of esters is 1. The average Bonchev–Trinajstić information content (AvgIpc) is 3.10. The fourth-order valence-corrected chi connectivity index (χ4v) is 4.12. The van der Waals surface area contributed by atoms with Crippen molar-refractivity contribution in [2.24, 2.45) is 0 Å². The molecule has 138 valence electrons. The number of carbonyl (C=O) groups is 1. The lowest BCUT2D eigenvalue weighted by atomic mass is 9.82. The Hall–Kier alpha value is -3.53. The van der Waals surface area contributed by atoms with Crippen molar-refractivity contribution in [1.29, 1.82) is 0 Å². The minimum absolute atomic E-state index is 0.211. The van der Waals surface area contributed by atoms with Crippen LogP contribution in [0.4, 0.5) is 0 Å². The molecule has 0 aliphatic carbocycles. The van der Waals surface area contributed by atoms with E-state index < -0.39 is 5.60 Å². The number of hydrogen-bond donors (Lipinski definition) is 2. The van der Waals surface area contributed by atoms with Gasteiger partial charge in [-0.25, -0.2) is 0 Å². The van der Waals surface area contributed by atoms with Crippen molar-refractivity contribution in [1.82, 2.24) is 0 Å². The fraction of sp³-hybridized carbons (Fsp3) is 0.125. The first-order chi connectivity index (χ1) is 13.5. The van der Waals surface area contributed by atoms with E-state index in [1.54, 1.807) is 24.3 Å². The molecule has 0 bridgehead atoms. The second-order valence-corrected chi connectivity index (χ2v) is 7.29. The molecular weight excluding hydrogens is 352 g/mol. The van der Waals surface area contributed by atoms with Crippen molar-refractivity contribution in [2.75, 3.05) is 0 Å². The van der Waals surface area contributed by atoms with E-state index in [0.717, 1.165) is 32.7 Å². The lowest BCUT2D eigenvalue weighted by Gasteiger charge is -2.29. The van der Waals surface area contributed by atoms with Crippen LogP contribution < -0.4 is 0 Å². The van der Waals surface area contributed by atoms with Crippen molar-refractivity contribution >= 4 is 27.5 Å². The number of carbonyl (C=O) groups excluding carboxylic acids is 1. The predicted octanol–water partition coefficient (Wildman–Crippen LogP) is 4.98. The van der Waals surface area contributed by atoms with Crippen LogP contribution in [0.5, 0.6) is 11.5 Å². The second-order valence-electron chi connectivity index (χ2n) is 7.29. The Morgan fingerprint density at radius 2 is 1.14 bits per heavy atom. The number of benzene rings is 4. The number of phenols is 2. The molecule has 1 aliphatic rings. The maximum atomic E-state index is 12.1. The summed E-state index contributed by atoms with van der Waals surface area (Å²) >= 11 is 0. The summed E-state index contributed by atoms with van der Waals surface area (Å²) < 4.78 is 5.93. The number of fused-ring (bicyclic) bond motifs is 2. The van der Waals surface area contributed by atoms with E-state index in [1.165, 1.54) is 0 Å². The fourth-order valence-electron chi connectivity index (χ4n) is 4.12. The molecule has 1 saturated heterocycles. The largest absolute Gasteiger partial charge is 0.508 e. The van der Waals surface area contributed by atoms with Crippen molar-refractivity contribution in [3.05, 3.63) is 83.9 Å². The molecule has 4 aromatic rings. The summed E-state index contributed by atoms with van der Waals surface area (Å²) in [5, 5.41) is 23.2. The summed E-state index contributed by atoms with van der Waals surface area (Å²) in [6.45, 7) is 0. The molecule has 0 unspecified atom stereocenters. The van der Waals surface area contributed by atoms with Crippen LogP contribution in [-0.2, 0) is 15.1 Å². The molecule has 5 rings (SSSR count). The molecule has 4 nitrogen and oxygen atoms in total. The number of phenolic OH excluding ortho intramolecular Hbond substituents is 2. The molecule has 4 heteroatoms. The summed E-state index contributed by atoms with van der Waals surface area (Å²) in [5.74, 6) is 0.233. The maximum Gasteiger partial charge on any atom is 0.307 e. The third kappa shape index (κ3) is 2.57. The van der Waals surface area contributed by atoms with Crippen LogP contribution >= 0.6 is 0 Å². The first-order valence-corrected chi connectivity index (χ1v) is 9.22. The SMILES string of the molecule is O=C1CCC(c2ccc3cc(O)ccc3c2)(c2ccc3cc(O)ccc3c2)O1. The highest BCUT2D eigenvalue weighted by molar-refractivity contribution is 5.87. The van der Waals surface area contributed by atoms with Crippen LogP contribution in [0.25, 0.3) is 21.5 Å². The van der Waals surface area contributed by atoms with Crippen molar-refractivity contribution in [3.63, 3.8) is 0 Å². The number of cyclic esters (lactones) is 1. The molecule has 2 N–H and O–H groups in total. The zero-order valence-electron chi connectivity index (χ0n) is 15.1. The molecule has 4 aromatic carbocycles. The highest BCUT2D eigenvalue weighted by Gasteiger charge is 2.43. The zero-order valence-corrected chi connectivity index (χ0v) is 15.1. The van der Waals surface area contributed by atoms with Gasteiger partial charge in [0, 0.05) is 17.5 Å². The van der Waals surface area contributed by atoms with Gasteiger partial charge in [-0.15, -0.1) is 0 Å². The third-order valence-corrected chi connectivity index (χ3v) is 5.55. The minimum Gasteiger partial charge on any atom is -0.508 e. The smallest absolute Gasteiger partial charge is 0.307 e. The van der Waals surface area contributed by atoms with Crippen LogP contribution in [0.15, 0.2) is 72.8 Å². The van der Waals surface area contributed by atoms with E-state index >= 15 is 0 Å². The average molecular weight is 370 g/mol. The standard InChI is InChI=1S/C24H18O4/c25-21-7-3-15-11-19(5-1-17(15)13-21)24(10-9-23(27)28-24)20-6-2-18-14-22(26)8-4-16(18)12-20/h1-8,11-14,25-26H,9-10H2. The second kappa shape index (κ2) is 5.99. The van der Waals surface area contributed by atoms with Gasteiger partial charge in [0.1, 0.15) is 11.5 Å². The quantitative estimate of drug-likeness (QED) is 0.488. The van der Waals surface area contributed by atoms with Gasteiger partial charge in [-0.3, -0.25) is 4.79 Å². The number of ether oxygens (including phenoxy) is 1. The summed E-state index contributed by atoms with van der Waals surface area (Å²) in [7, 11) is 0. The van der Waals surface area contributed by atoms with Crippen LogP contribution in [0, 0.1) is 0 Å². The van der Waals surface area contributed by atoms with Crippen LogP contribution in [0.2, 0.25) is 0 Å². The first kappa shape index (κ1) is 16.6. The number of rotatable bonds is 2. The van der Waals surface area contributed by atoms with E-state index in [1.807, 2.05) is 48.5 Å². The predicted molar refractivity (Wildman–Crippen MR) is 107 cm³/mol. The Bertz CT molecular complexity index is 1160. The molecule has 1 aliphatic heterocycles. The van der Waals surface area contributed by atoms with E-state index in [-0.39, 0.29) is 17.5 Å². The monoisotopic (exact) mass is 370 g/mol. The zero-order chi connectivity index (χ0) is 19.3. The van der Waals surface area contributed by atoms with Crippen LogP contribution in [0.3, 0.4) is 0 Å². The van der Waals surface area contributed by atoms with Gasteiger partial charge in [-0.05, 0) is 57.9 Å². The van der Waals surface area contributed by atoms with Crippen LogP contribution in [-0.4, -0.2) is 16.2 Å². The normalized spacial score (nSPS) is 15.8.